The first-order chi connectivity index (χ1) is 13.0. The van der Waals surface area contributed by atoms with E-state index in [1.807, 2.05) is 4.90 Å². The van der Waals surface area contributed by atoms with Gasteiger partial charge in [0.1, 0.15) is 0 Å². The molecule has 144 valence electrons. The van der Waals surface area contributed by atoms with Crippen molar-refractivity contribution in [2.45, 2.75) is 30.6 Å². The third-order valence-corrected chi connectivity index (χ3v) is 7.28. The number of hydrogen-bond donors (Lipinski definition) is 2. The maximum Gasteiger partial charge on any atom is 0.239 e. The van der Waals surface area contributed by atoms with Crippen LogP contribution in [0.15, 0.2) is 30.5 Å². The summed E-state index contributed by atoms with van der Waals surface area (Å²) in [5.41, 5.74) is 0.897. The maximum atomic E-state index is 12.9. The van der Waals surface area contributed by atoms with Gasteiger partial charge in [-0.1, -0.05) is 11.6 Å². The molecule has 0 spiro atoms. The Morgan fingerprint density at radius 3 is 2.81 bits per heavy atom. The molecule has 2 N–H and O–H groups in total. The number of likely N-dealkylation sites (tertiary alicyclic amines) is 1. The minimum atomic E-state index is -3.67. The number of benzene rings is 1. The van der Waals surface area contributed by atoms with Crippen molar-refractivity contribution in [1.29, 1.82) is 0 Å². The average molecular weight is 409 g/mol. The van der Waals surface area contributed by atoms with E-state index in [9.17, 15) is 13.2 Å². The monoisotopic (exact) mass is 408 g/mol. The predicted octanol–water partition coefficient (Wildman–Crippen LogP) is 1.98. The van der Waals surface area contributed by atoms with Gasteiger partial charge in [0.15, 0.2) is 0 Å². The van der Waals surface area contributed by atoms with Crippen LogP contribution in [0.5, 0.6) is 0 Å². The Labute approximate surface area is 163 Å². The van der Waals surface area contributed by atoms with Crippen molar-refractivity contribution in [2.24, 2.45) is 0 Å². The molecule has 2 fully saturated rings. The minimum absolute atomic E-state index is 0.00353. The van der Waals surface area contributed by atoms with Crippen LogP contribution in [0.2, 0.25) is 5.02 Å². The van der Waals surface area contributed by atoms with Crippen molar-refractivity contribution >= 4 is 44.1 Å². The zero-order valence-corrected chi connectivity index (χ0v) is 16.3. The topological polar surface area (TPSA) is 91.4 Å². The van der Waals surface area contributed by atoms with Gasteiger partial charge in [-0.05, 0) is 43.5 Å². The summed E-state index contributed by atoms with van der Waals surface area (Å²) in [6.07, 6.45) is 3.89. The number of aromatic nitrogens is 1. The van der Waals surface area contributed by atoms with Gasteiger partial charge in [0.25, 0.3) is 0 Å². The van der Waals surface area contributed by atoms with Gasteiger partial charge in [0.05, 0.1) is 27.5 Å². The van der Waals surface area contributed by atoms with E-state index in [2.05, 4.69) is 15.0 Å². The molecule has 27 heavy (non-hydrogen) atoms. The summed E-state index contributed by atoms with van der Waals surface area (Å²) >= 11 is 6.17. The fourth-order valence-electron chi connectivity index (χ4n) is 3.74. The lowest BCUT2D eigenvalue weighted by Crippen LogP contribution is -2.42. The van der Waals surface area contributed by atoms with E-state index in [0.717, 1.165) is 25.9 Å². The summed E-state index contributed by atoms with van der Waals surface area (Å²) in [4.78, 5) is 18.6. The summed E-state index contributed by atoms with van der Waals surface area (Å²) < 4.78 is 28.4. The molecule has 2 aliphatic heterocycles. The summed E-state index contributed by atoms with van der Waals surface area (Å²) in [6.45, 7) is 1.77. The van der Waals surface area contributed by atoms with Crippen LogP contribution in [-0.4, -0.2) is 55.1 Å². The van der Waals surface area contributed by atoms with E-state index in [1.165, 1.54) is 0 Å². The molecule has 0 aliphatic carbocycles. The molecule has 7 nitrogen and oxygen atoms in total. The number of hydrogen-bond acceptors (Lipinski definition) is 5. The van der Waals surface area contributed by atoms with Crippen LogP contribution in [0.4, 0.5) is 5.69 Å². The zero-order valence-electron chi connectivity index (χ0n) is 14.7. The number of nitrogens with one attached hydrogen (secondary N) is 2. The van der Waals surface area contributed by atoms with Gasteiger partial charge in [0.2, 0.25) is 15.9 Å². The SMILES string of the molecule is O=C(C1CC(S(=O)(=O)Nc2ccc(Cl)c3cccnc23)CN1)N1CCCC1. The molecule has 2 atom stereocenters. The minimum Gasteiger partial charge on any atom is -0.341 e. The van der Waals surface area contributed by atoms with Crippen molar-refractivity contribution in [3.63, 3.8) is 0 Å². The lowest BCUT2D eigenvalue weighted by atomic mass is 10.2. The molecule has 0 radical (unpaired) electrons. The van der Waals surface area contributed by atoms with Gasteiger partial charge in [-0.3, -0.25) is 14.5 Å². The highest BCUT2D eigenvalue weighted by Crippen LogP contribution is 2.30. The second kappa shape index (κ2) is 7.26. The van der Waals surface area contributed by atoms with Gasteiger partial charge in [0, 0.05) is 31.2 Å². The molecule has 1 aromatic carbocycles. The van der Waals surface area contributed by atoms with Crippen LogP contribution >= 0.6 is 11.6 Å². The lowest BCUT2D eigenvalue weighted by Gasteiger charge is -2.20. The van der Waals surface area contributed by atoms with E-state index in [4.69, 9.17) is 11.6 Å². The van der Waals surface area contributed by atoms with Crippen LogP contribution in [0.1, 0.15) is 19.3 Å². The highest BCUT2D eigenvalue weighted by atomic mass is 35.5. The van der Waals surface area contributed by atoms with E-state index in [0.29, 0.717) is 21.6 Å². The van der Waals surface area contributed by atoms with Gasteiger partial charge in [-0.15, -0.1) is 0 Å². The summed E-state index contributed by atoms with van der Waals surface area (Å²) in [5, 5.41) is 3.60. The third-order valence-electron chi connectivity index (χ3n) is 5.21. The Balaban J connectivity index is 1.51. The van der Waals surface area contributed by atoms with Crippen molar-refractivity contribution in [3.05, 3.63) is 35.5 Å². The Morgan fingerprint density at radius 2 is 2.04 bits per heavy atom. The highest BCUT2D eigenvalue weighted by molar-refractivity contribution is 7.93. The molecular formula is C18H21ClN4O3S. The highest BCUT2D eigenvalue weighted by Gasteiger charge is 2.39. The Morgan fingerprint density at radius 1 is 1.26 bits per heavy atom. The zero-order chi connectivity index (χ0) is 19.0. The number of carbonyl (C=O) groups is 1. The average Bonchev–Trinajstić information content (AvgIpc) is 3.36. The number of sulfonamides is 1. The molecule has 2 unspecified atom stereocenters. The molecule has 2 saturated heterocycles. The van der Waals surface area contributed by atoms with E-state index >= 15 is 0 Å². The van der Waals surface area contributed by atoms with Crippen LogP contribution in [0.25, 0.3) is 10.9 Å². The maximum absolute atomic E-state index is 12.9. The van der Waals surface area contributed by atoms with Crippen LogP contribution < -0.4 is 10.0 Å². The van der Waals surface area contributed by atoms with Gasteiger partial charge in [-0.25, -0.2) is 8.42 Å². The number of rotatable bonds is 4. The van der Waals surface area contributed by atoms with Crippen LogP contribution in [0.3, 0.4) is 0 Å². The van der Waals surface area contributed by atoms with Crippen molar-refractivity contribution < 1.29 is 13.2 Å². The molecule has 2 aromatic rings. The second-order valence-electron chi connectivity index (χ2n) is 6.99. The summed E-state index contributed by atoms with van der Waals surface area (Å²) in [5.74, 6) is 0.00353. The molecule has 1 amide bonds. The fraction of sp³-hybridized carbons (Fsp3) is 0.444. The number of nitrogens with zero attached hydrogens (tertiary/aromatic N) is 2. The van der Waals surface area contributed by atoms with Crippen LogP contribution in [-0.2, 0) is 14.8 Å². The van der Waals surface area contributed by atoms with E-state index in [-0.39, 0.29) is 18.9 Å². The van der Waals surface area contributed by atoms with Gasteiger partial charge in [-0.2, -0.15) is 0 Å². The Hall–Kier alpha value is -1.90. The smallest absolute Gasteiger partial charge is 0.239 e. The standard InChI is InChI=1S/C18H21ClN4O3S/c19-14-5-6-15(17-13(14)4-3-7-20-17)22-27(25,26)12-10-16(21-11-12)18(24)23-8-1-2-9-23/h3-7,12,16,21-22H,1-2,8-11H2. The lowest BCUT2D eigenvalue weighted by molar-refractivity contribution is -0.131. The normalized spacial score (nSPS) is 23.1. The molecule has 4 rings (SSSR count). The molecule has 3 heterocycles. The first-order valence-electron chi connectivity index (χ1n) is 9.03. The van der Waals surface area contributed by atoms with E-state index in [1.54, 1.807) is 30.5 Å². The molecule has 0 saturated carbocycles. The number of halogens is 1. The van der Waals surface area contributed by atoms with Gasteiger partial charge >= 0.3 is 0 Å². The molecule has 9 heteroatoms. The number of pyridine rings is 1. The fourth-order valence-corrected chi connectivity index (χ4v) is 5.36. The largest absolute Gasteiger partial charge is 0.341 e. The van der Waals surface area contributed by atoms with Crippen molar-refractivity contribution in [2.75, 3.05) is 24.4 Å². The predicted molar refractivity (Wildman–Crippen MR) is 105 cm³/mol. The first kappa shape index (κ1) is 18.5. The van der Waals surface area contributed by atoms with Crippen molar-refractivity contribution in [3.8, 4) is 0 Å². The number of amides is 1. The van der Waals surface area contributed by atoms with Crippen LogP contribution in [0, 0.1) is 0 Å². The van der Waals surface area contributed by atoms with E-state index < -0.39 is 21.3 Å². The molecule has 2 aliphatic rings. The van der Waals surface area contributed by atoms with Gasteiger partial charge < -0.3 is 10.2 Å². The molecular weight excluding hydrogens is 388 g/mol. The van der Waals surface area contributed by atoms with Crippen molar-refractivity contribution in [1.82, 2.24) is 15.2 Å². The third kappa shape index (κ3) is 3.61. The summed E-state index contributed by atoms with van der Waals surface area (Å²) in [6, 6.07) is 6.37. The molecule has 0 bridgehead atoms. The Bertz CT molecular complexity index is 976. The first-order valence-corrected chi connectivity index (χ1v) is 11.0. The Kier molecular flexibility index (Phi) is 4.96. The molecule has 1 aromatic heterocycles. The second-order valence-corrected chi connectivity index (χ2v) is 9.36. The number of carbonyl (C=O) groups excluding carboxylic acids is 1. The number of fused-ring (bicyclic) bond motifs is 1. The summed E-state index contributed by atoms with van der Waals surface area (Å²) in [7, 11) is -3.67. The quantitative estimate of drug-likeness (QED) is 0.807. The number of anilines is 1.